The zero-order valence-electron chi connectivity index (χ0n) is 13.7. The van der Waals surface area contributed by atoms with Gasteiger partial charge in [0, 0.05) is 32.6 Å². The summed E-state index contributed by atoms with van der Waals surface area (Å²) in [7, 11) is -3.52. The molecule has 0 unspecified atom stereocenters. The van der Waals surface area contributed by atoms with Gasteiger partial charge in [-0.2, -0.15) is 4.31 Å². The molecule has 0 aliphatic carbocycles. The van der Waals surface area contributed by atoms with E-state index in [1.807, 2.05) is 13.8 Å². The average molecular weight is 340 g/mol. The third kappa shape index (κ3) is 4.23. The molecule has 0 radical (unpaired) electrons. The summed E-state index contributed by atoms with van der Waals surface area (Å²) in [5.74, 6) is 0.739. The summed E-state index contributed by atoms with van der Waals surface area (Å²) in [4.78, 5) is 13.6. The number of carbonyl (C=O) groups excluding carboxylic acids is 1. The molecule has 1 fully saturated rings. The molecule has 23 heavy (non-hydrogen) atoms. The number of carbonyl (C=O) groups is 1. The minimum atomic E-state index is -3.52. The predicted octanol–water partition coefficient (Wildman–Crippen LogP) is 1.72. The first kappa shape index (κ1) is 17.7. The van der Waals surface area contributed by atoms with Crippen LogP contribution < -0.4 is 4.74 Å². The number of rotatable bonds is 6. The second kappa shape index (κ2) is 7.79. The second-order valence-corrected chi connectivity index (χ2v) is 7.40. The number of sulfonamides is 1. The number of benzene rings is 1. The molecule has 1 saturated heterocycles. The molecule has 7 heteroatoms. The summed E-state index contributed by atoms with van der Waals surface area (Å²) in [5, 5.41) is 0. The van der Waals surface area contributed by atoms with Crippen molar-refractivity contribution in [2.24, 2.45) is 0 Å². The molecule has 1 aromatic rings. The lowest BCUT2D eigenvalue weighted by atomic mass is 10.3. The van der Waals surface area contributed by atoms with E-state index in [4.69, 9.17) is 4.74 Å². The summed E-state index contributed by atoms with van der Waals surface area (Å²) in [6.07, 6.45) is 1.35. The molecule has 2 rings (SSSR count). The van der Waals surface area contributed by atoms with E-state index < -0.39 is 10.0 Å². The second-order valence-electron chi connectivity index (χ2n) is 5.46. The van der Waals surface area contributed by atoms with E-state index in [2.05, 4.69) is 0 Å². The number of nitrogens with zero attached hydrogens (tertiary/aromatic N) is 2. The van der Waals surface area contributed by atoms with Crippen LogP contribution in [0.3, 0.4) is 0 Å². The fourth-order valence-corrected chi connectivity index (χ4v) is 3.90. The molecule has 0 aromatic heterocycles. The average Bonchev–Trinajstić information content (AvgIpc) is 2.59. The summed E-state index contributed by atoms with van der Waals surface area (Å²) < 4.78 is 32.2. The molecule has 128 valence electrons. The van der Waals surface area contributed by atoms with Crippen LogP contribution in [-0.2, 0) is 14.8 Å². The highest BCUT2D eigenvalue weighted by molar-refractivity contribution is 7.89. The third-order valence-corrected chi connectivity index (χ3v) is 5.74. The van der Waals surface area contributed by atoms with Gasteiger partial charge in [-0.1, -0.05) is 13.8 Å². The van der Waals surface area contributed by atoms with Crippen molar-refractivity contribution in [3.63, 3.8) is 0 Å². The zero-order valence-corrected chi connectivity index (χ0v) is 14.5. The number of amides is 1. The minimum absolute atomic E-state index is 0.0690. The third-order valence-electron chi connectivity index (χ3n) is 3.83. The van der Waals surface area contributed by atoms with Crippen LogP contribution in [0.4, 0.5) is 0 Å². The Labute approximate surface area is 138 Å². The van der Waals surface area contributed by atoms with Crippen LogP contribution in [0.1, 0.15) is 26.7 Å². The van der Waals surface area contributed by atoms with Gasteiger partial charge in [-0.25, -0.2) is 8.42 Å². The molecule has 0 N–H and O–H groups in total. The lowest BCUT2D eigenvalue weighted by Crippen LogP contribution is -2.50. The van der Waals surface area contributed by atoms with Crippen LogP contribution in [0.5, 0.6) is 5.75 Å². The van der Waals surface area contributed by atoms with Crippen molar-refractivity contribution in [2.45, 2.75) is 31.6 Å². The quantitative estimate of drug-likeness (QED) is 0.791. The van der Waals surface area contributed by atoms with E-state index in [1.165, 1.54) is 4.31 Å². The molecule has 1 heterocycles. The van der Waals surface area contributed by atoms with Crippen molar-refractivity contribution in [1.29, 1.82) is 0 Å². The minimum Gasteiger partial charge on any atom is -0.494 e. The number of hydrogen-bond donors (Lipinski definition) is 0. The van der Waals surface area contributed by atoms with E-state index in [1.54, 1.807) is 29.2 Å². The van der Waals surface area contributed by atoms with Crippen LogP contribution in [-0.4, -0.2) is 56.3 Å². The zero-order chi connectivity index (χ0) is 16.9. The number of ether oxygens (including phenoxy) is 1. The molecular formula is C16H24N2O4S. The molecule has 0 atom stereocenters. The van der Waals surface area contributed by atoms with Crippen LogP contribution in [0, 0.1) is 0 Å². The van der Waals surface area contributed by atoms with Gasteiger partial charge in [0.15, 0.2) is 0 Å². The van der Waals surface area contributed by atoms with Crippen molar-refractivity contribution in [1.82, 2.24) is 9.21 Å². The molecule has 1 amide bonds. The van der Waals surface area contributed by atoms with E-state index in [9.17, 15) is 13.2 Å². The molecule has 0 bridgehead atoms. The van der Waals surface area contributed by atoms with Gasteiger partial charge in [-0.3, -0.25) is 4.79 Å². The first-order chi connectivity index (χ1) is 11.0. The molecule has 0 saturated carbocycles. The Morgan fingerprint density at radius 2 is 1.70 bits per heavy atom. The molecule has 6 nitrogen and oxygen atoms in total. The maximum atomic E-state index is 12.6. The smallest absolute Gasteiger partial charge is 0.243 e. The highest BCUT2D eigenvalue weighted by Crippen LogP contribution is 2.21. The maximum Gasteiger partial charge on any atom is 0.243 e. The van der Waals surface area contributed by atoms with Gasteiger partial charge in [0.25, 0.3) is 0 Å². The fraction of sp³-hybridized carbons (Fsp3) is 0.562. The van der Waals surface area contributed by atoms with Crippen LogP contribution in [0.15, 0.2) is 29.2 Å². The molecule has 0 spiro atoms. The van der Waals surface area contributed by atoms with Gasteiger partial charge < -0.3 is 9.64 Å². The Morgan fingerprint density at radius 1 is 1.09 bits per heavy atom. The van der Waals surface area contributed by atoms with Crippen LogP contribution in [0.25, 0.3) is 0 Å². The molecule has 1 aromatic carbocycles. The first-order valence-electron chi connectivity index (χ1n) is 7.99. The Balaban J connectivity index is 2.03. The number of hydrogen-bond acceptors (Lipinski definition) is 4. The summed E-state index contributed by atoms with van der Waals surface area (Å²) >= 11 is 0. The number of piperazine rings is 1. The van der Waals surface area contributed by atoms with Crippen molar-refractivity contribution in [2.75, 3.05) is 32.8 Å². The van der Waals surface area contributed by atoms with Crippen LogP contribution >= 0.6 is 0 Å². The van der Waals surface area contributed by atoms with Gasteiger partial charge in [-0.05, 0) is 30.7 Å². The fourth-order valence-electron chi connectivity index (χ4n) is 2.48. The van der Waals surface area contributed by atoms with Gasteiger partial charge in [0.1, 0.15) is 5.75 Å². The first-order valence-corrected chi connectivity index (χ1v) is 9.43. The highest BCUT2D eigenvalue weighted by Gasteiger charge is 2.29. The van der Waals surface area contributed by atoms with Gasteiger partial charge in [0.05, 0.1) is 11.5 Å². The lowest BCUT2D eigenvalue weighted by molar-refractivity contribution is -0.132. The Hall–Kier alpha value is -1.60. The van der Waals surface area contributed by atoms with E-state index in [0.717, 1.165) is 6.42 Å². The van der Waals surface area contributed by atoms with Crippen molar-refractivity contribution in [3.05, 3.63) is 24.3 Å². The van der Waals surface area contributed by atoms with Crippen molar-refractivity contribution in [3.8, 4) is 5.75 Å². The van der Waals surface area contributed by atoms with E-state index in [0.29, 0.717) is 45.0 Å². The summed E-state index contributed by atoms with van der Waals surface area (Å²) in [6.45, 7) is 6.01. The SMILES string of the molecule is CCCOc1ccc(S(=O)(=O)N2CCN(C(=O)CC)CC2)cc1. The molecule has 1 aliphatic rings. The topological polar surface area (TPSA) is 66.9 Å². The normalized spacial score (nSPS) is 16.3. The van der Waals surface area contributed by atoms with Crippen molar-refractivity contribution < 1.29 is 17.9 Å². The van der Waals surface area contributed by atoms with Crippen molar-refractivity contribution >= 4 is 15.9 Å². The largest absolute Gasteiger partial charge is 0.494 e. The van der Waals surface area contributed by atoms with Gasteiger partial charge in [-0.15, -0.1) is 0 Å². The van der Waals surface area contributed by atoms with Gasteiger partial charge >= 0.3 is 0 Å². The van der Waals surface area contributed by atoms with E-state index >= 15 is 0 Å². The Bertz CT molecular complexity index is 620. The summed E-state index contributed by atoms with van der Waals surface area (Å²) in [5.41, 5.74) is 0. The highest BCUT2D eigenvalue weighted by atomic mass is 32.2. The van der Waals surface area contributed by atoms with Crippen LogP contribution in [0.2, 0.25) is 0 Å². The summed E-state index contributed by atoms with van der Waals surface area (Å²) in [6, 6.07) is 6.51. The Morgan fingerprint density at radius 3 is 2.22 bits per heavy atom. The lowest BCUT2D eigenvalue weighted by Gasteiger charge is -2.33. The van der Waals surface area contributed by atoms with E-state index in [-0.39, 0.29) is 10.8 Å². The monoisotopic (exact) mass is 340 g/mol. The molecular weight excluding hydrogens is 316 g/mol. The van der Waals surface area contributed by atoms with Gasteiger partial charge in [0.2, 0.25) is 15.9 Å². The standard InChI is InChI=1S/C16H24N2O4S/c1-3-13-22-14-5-7-15(8-6-14)23(20,21)18-11-9-17(10-12-18)16(19)4-2/h5-8H,3-4,9-13H2,1-2H3. The predicted molar refractivity (Wildman–Crippen MR) is 87.9 cm³/mol. The Kier molecular flexibility index (Phi) is 6.01. The molecule has 1 aliphatic heterocycles. The maximum absolute atomic E-state index is 12.6.